The molecular formula is C20H18N2O3. The third kappa shape index (κ3) is 4.01. The zero-order valence-electron chi connectivity index (χ0n) is 13.8. The van der Waals surface area contributed by atoms with Gasteiger partial charge in [0.25, 0.3) is 5.56 Å². The van der Waals surface area contributed by atoms with Gasteiger partial charge in [-0.05, 0) is 23.6 Å². The highest BCUT2D eigenvalue weighted by Crippen LogP contribution is 2.23. The van der Waals surface area contributed by atoms with Crippen LogP contribution in [0.3, 0.4) is 0 Å². The minimum Gasteiger partial charge on any atom is -0.508 e. The van der Waals surface area contributed by atoms with E-state index in [9.17, 15) is 14.7 Å². The van der Waals surface area contributed by atoms with Gasteiger partial charge in [-0.1, -0.05) is 49.4 Å². The lowest BCUT2D eigenvalue weighted by molar-refractivity contribution is 0.0970. The van der Waals surface area contributed by atoms with Crippen LogP contribution in [0.15, 0.2) is 65.5 Å². The first-order valence-corrected chi connectivity index (χ1v) is 8.02. The van der Waals surface area contributed by atoms with E-state index in [-0.39, 0.29) is 35.1 Å². The Morgan fingerprint density at radius 3 is 2.48 bits per heavy atom. The van der Waals surface area contributed by atoms with E-state index in [0.29, 0.717) is 5.82 Å². The topological polar surface area (TPSA) is 83.0 Å². The normalized spacial score (nSPS) is 11.9. The van der Waals surface area contributed by atoms with Crippen LogP contribution in [-0.4, -0.2) is 20.9 Å². The molecule has 3 aromatic rings. The van der Waals surface area contributed by atoms with Crippen molar-refractivity contribution in [2.75, 3.05) is 0 Å². The number of phenolic OH excluding ortho intramolecular Hbond substituents is 1. The van der Waals surface area contributed by atoms with Crippen LogP contribution in [0.4, 0.5) is 0 Å². The molecule has 126 valence electrons. The number of aromatic hydroxyl groups is 1. The Balaban J connectivity index is 1.83. The van der Waals surface area contributed by atoms with E-state index in [2.05, 4.69) is 9.97 Å². The molecule has 25 heavy (non-hydrogen) atoms. The quantitative estimate of drug-likeness (QED) is 0.699. The van der Waals surface area contributed by atoms with E-state index in [1.54, 1.807) is 24.3 Å². The zero-order chi connectivity index (χ0) is 17.8. The van der Waals surface area contributed by atoms with Gasteiger partial charge in [0.05, 0.1) is 0 Å². The second-order valence-corrected chi connectivity index (χ2v) is 5.97. The average Bonchev–Trinajstić information content (AvgIpc) is 2.62. The minimum atomic E-state index is -0.352. The molecule has 0 fully saturated rings. The monoisotopic (exact) mass is 334 g/mol. The summed E-state index contributed by atoms with van der Waals surface area (Å²) in [6.07, 6.45) is 0.232. The van der Waals surface area contributed by atoms with Gasteiger partial charge in [0.2, 0.25) is 0 Å². The highest BCUT2D eigenvalue weighted by atomic mass is 16.3. The number of nitrogens with one attached hydrogen (secondary N) is 1. The van der Waals surface area contributed by atoms with Gasteiger partial charge in [-0.2, -0.15) is 0 Å². The van der Waals surface area contributed by atoms with Crippen molar-refractivity contribution in [3.8, 4) is 17.1 Å². The van der Waals surface area contributed by atoms with Gasteiger partial charge in [-0.3, -0.25) is 9.59 Å². The van der Waals surface area contributed by atoms with Gasteiger partial charge < -0.3 is 10.1 Å². The Kier molecular flexibility index (Phi) is 4.75. The molecule has 3 rings (SSSR count). The second-order valence-electron chi connectivity index (χ2n) is 5.97. The molecule has 0 radical (unpaired) electrons. The van der Waals surface area contributed by atoms with Crippen molar-refractivity contribution in [3.05, 3.63) is 82.3 Å². The number of Topliss-reactive ketones (excluding diaryl/α,β-unsaturated/α-hetero) is 1. The first-order valence-electron chi connectivity index (χ1n) is 8.02. The zero-order valence-corrected chi connectivity index (χ0v) is 13.8. The van der Waals surface area contributed by atoms with E-state index >= 15 is 0 Å². The molecular weight excluding hydrogens is 316 g/mol. The summed E-state index contributed by atoms with van der Waals surface area (Å²) in [5.41, 5.74) is 1.50. The molecule has 0 aliphatic carbocycles. The molecule has 5 nitrogen and oxygen atoms in total. The van der Waals surface area contributed by atoms with Crippen molar-refractivity contribution in [2.24, 2.45) is 0 Å². The number of phenols is 1. The summed E-state index contributed by atoms with van der Waals surface area (Å²) >= 11 is 0. The van der Waals surface area contributed by atoms with Crippen LogP contribution >= 0.6 is 0 Å². The number of carbonyl (C=O) groups excluding carboxylic acids is 1. The summed E-state index contributed by atoms with van der Waals surface area (Å²) in [5, 5.41) is 9.35. The van der Waals surface area contributed by atoms with Crippen molar-refractivity contribution in [1.82, 2.24) is 9.97 Å². The summed E-state index contributed by atoms with van der Waals surface area (Å²) < 4.78 is 0. The molecule has 2 aromatic carbocycles. The summed E-state index contributed by atoms with van der Waals surface area (Å²) in [6, 6.07) is 17.2. The van der Waals surface area contributed by atoms with Crippen LogP contribution < -0.4 is 5.56 Å². The van der Waals surface area contributed by atoms with Crippen LogP contribution in [0.25, 0.3) is 11.4 Å². The Morgan fingerprint density at radius 2 is 1.80 bits per heavy atom. The van der Waals surface area contributed by atoms with Crippen LogP contribution in [0.5, 0.6) is 5.75 Å². The molecule has 5 heteroatoms. The Bertz CT molecular complexity index is 931. The minimum absolute atomic E-state index is 0.0469. The number of H-pyrrole nitrogens is 1. The molecule has 0 amide bonds. The number of hydrogen-bond acceptors (Lipinski definition) is 4. The fraction of sp³-hybridized carbons (Fsp3) is 0.150. The molecule has 1 atom stereocenters. The summed E-state index contributed by atoms with van der Waals surface area (Å²) in [5.74, 6) is 0.331. The molecule has 2 N–H and O–H groups in total. The van der Waals surface area contributed by atoms with Crippen molar-refractivity contribution in [3.63, 3.8) is 0 Å². The number of aromatic amines is 1. The van der Waals surface area contributed by atoms with Crippen LogP contribution in [0.1, 0.15) is 35.3 Å². The SMILES string of the molecule is C[C@@H](CC(=O)c1cc(=O)[nH]c(-c2ccccc2)n1)c1ccc(O)cc1. The standard InChI is InChI=1S/C20H18N2O3/c1-13(14-7-9-16(23)10-8-14)11-18(24)17-12-19(25)22-20(21-17)15-5-3-2-4-6-15/h2-10,12-13,23H,11H2,1H3,(H,21,22,25)/t13-/m0/s1. The number of benzene rings is 2. The molecule has 0 unspecified atom stereocenters. The highest BCUT2D eigenvalue weighted by molar-refractivity contribution is 5.95. The van der Waals surface area contributed by atoms with E-state index < -0.39 is 0 Å². The molecule has 1 aromatic heterocycles. The summed E-state index contributed by atoms with van der Waals surface area (Å²) in [7, 11) is 0. The van der Waals surface area contributed by atoms with Gasteiger partial charge in [-0.25, -0.2) is 4.98 Å². The van der Waals surface area contributed by atoms with Crippen LogP contribution in [0.2, 0.25) is 0 Å². The molecule has 0 aliphatic heterocycles. The van der Waals surface area contributed by atoms with Crippen LogP contribution in [-0.2, 0) is 0 Å². The molecule has 0 saturated carbocycles. The molecule has 0 aliphatic rings. The predicted molar refractivity (Wildman–Crippen MR) is 95.8 cm³/mol. The van der Waals surface area contributed by atoms with Gasteiger partial charge in [0.1, 0.15) is 17.3 Å². The van der Waals surface area contributed by atoms with Gasteiger partial charge in [0, 0.05) is 18.1 Å². The number of nitrogens with zero attached hydrogens (tertiary/aromatic N) is 1. The predicted octanol–water partition coefficient (Wildman–Crippen LogP) is 3.52. The van der Waals surface area contributed by atoms with Crippen LogP contribution in [0, 0.1) is 0 Å². The maximum Gasteiger partial charge on any atom is 0.251 e. The first kappa shape index (κ1) is 16.6. The lowest BCUT2D eigenvalue weighted by Gasteiger charge is -2.11. The van der Waals surface area contributed by atoms with E-state index in [4.69, 9.17) is 0 Å². The Labute approximate surface area is 145 Å². The fourth-order valence-electron chi connectivity index (χ4n) is 2.64. The van der Waals surface area contributed by atoms with Gasteiger partial charge in [0.15, 0.2) is 5.78 Å². The highest BCUT2D eigenvalue weighted by Gasteiger charge is 2.16. The largest absolute Gasteiger partial charge is 0.508 e. The smallest absolute Gasteiger partial charge is 0.251 e. The molecule has 0 bridgehead atoms. The number of aromatic nitrogens is 2. The maximum absolute atomic E-state index is 12.6. The van der Waals surface area contributed by atoms with E-state index in [1.807, 2.05) is 37.3 Å². The number of ketones is 1. The maximum atomic E-state index is 12.6. The summed E-state index contributed by atoms with van der Waals surface area (Å²) in [6.45, 7) is 1.93. The lowest BCUT2D eigenvalue weighted by Crippen LogP contribution is -2.15. The third-order valence-corrected chi connectivity index (χ3v) is 4.03. The summed E-state index contributed by atoms with van der Waals surface area (Å²) in [4.78, 5) is 31.5. The van der Waals surface area contributed by atoms with Crippen molar-refractivity contribution in [2.45, 2.75) is 19.3 Å². The van der Waals surface area contributed by atoms with E-state index in [1.165, 1.54) is 6.07 Å². The third-order valence-electron chi connectivity index (χ3n) is 4.03. The number of hydrogen-bond donors (Lipinski definition) is 2. The number of carbonyl (C=O) groups is 1. The number of rotatable bonds is 5. The fourth-order valence-corrected chi connectivity index (χ4v) is 2.64. The molecule has 0 spiro atoms. The van der Waals surface area contributed by atoms with E-state index in [0.717, 1.165) is 11.1 Å². The molecule has 1 heterocycles. The lowest BCUT2D eigenvalue weighted by atomic mass is 9.94. The van der Waals surface area contributed by atoms with Crippen molar-refractivity contribution in [1.29, 1.82) is 0 Å². The van der Waals surface area contributed by atoms with Gasteiger partial charge >= 0.3 is 0 Å². The molecule has 0 saturated heterocycles. The van der Waals surface area contributed by atoms with Gasteiger partial charge in [-0.15, -0.1) is 0 Å². The van der Waals surface area contributed by atoms with Crippen molar-refractivity contribution >= 4 is 5.78 Å². The first-order chi connectivity index (χ1) is 12.0. The second kappa shape index (κ2) is 7.13. The van der Waals surface area contributed by atoms with Crippen molar-refractivity contribution < 1.29 is 9.90 Å². The Hall–Kier alpha value is -3.21. The average molecular weight is 334 g/mol. The Morgan fingerprint density at radius 1 is 1.12 bits per heavy atom.